The molecule has 2 rings (SSSR count). The van der Waals surface area contributed by atoms with E-state index in [2.05, 4.69) is 34.3 Å². The lowest BCUT2D eigenvalue weighted by Crippen LogP contribution is -2.01. The van der Waals surface area contributed by atoms with Crippen LogP contribution in [0.3, 0.4) is 0 Å². The number of hydrogen-bond acceptors (Lipinski definition) is 4. The highest BCUT2D eigenvalue weighted by atomic mass is 32.1. The van der Waals surface area contributed by atoms with Gasteiger partial charge >= 0.3 is 0 Å². The second kappa shape index (κ2) is 4.35. The highest BCUT2D eigenvalue weighted by molar-refractivity contribution is 7.11. The van der Waals surface area contributed by atoms with Crippen molar-refractivity contribution >= 4 is 17.3 Å². The maximum atomic E-state index is 12.5. The third-order valence-corrected chi connectivity index (χ3v) is 2.84. The number of aryl methyl sites for hydroxylation is 1. The van der Waals surface area contributed by atoms with Crippen molar-refractivity contribution < 1.29 is 4.39 Å². The lowest BCUT2D eigenvalue weighted by atomic mass is 10.4. The molecule has 2 aromatic rings. The molecular weight excluding hydrogens is 213 g/mol. The molecule has 0 aliphatic carbocycles. The molecular formula is C10H10FN3S. The first-order valence-corrected chi connectivity index (χ1v) is 5.32. The smallest absolute Gasteiger partial charge is 0.223 e. The maximum Gasteiger partial charge on any atom is 0.223 e. The van der Waals surface area contributed by atoms with Crippen LogP contribution in [0.25, 0.3) is 0 Å². The summed E-state index contributed by atoms with van der Waals surface area (Å²) in [5.41, 5.74) is 0. The number of anilines is 1. The standard InChI is InChI=1S/C10H10FN3S/c1-7-2-3-9(15-7)6-14-10-12-4-8(11)5-13-10/h2-5H,6H2,1H3,(H,12,13,14). The molecule has 0 aliphatic heterocycles. The Labute approximate surface area is 91.0 Å². The van der Waals surface area contributed by atoms with Crippen LogP contribution >= 0.6 is 11.3 Å². The fourth-order valence-corrected chi connectivity index (χ4v) is 1.98. The molecule has 0 aliphatic rings. The molecule has 0 unspecified atom stereocenters. The van der Waals surface area contributed by atoms with Gasteiger partial charge in [0, 0.05) is 9.75 Å². The quantitative estimate of drug-likeness (QED) is 0.869. The molecule has 0 fully saturated rings. The van der Waals surface area contributed by atoms with Crippen LogP contribution in [0.4, 0.5) is 10.3 Å². The number of nitrogens with one attached hydrogen (secondary N) is 1. The number of nitrogens with zero attached hydrogens (tertiary/aromatic N) is 2. The average molecular weight is 223 g/mol. The van der Waals surface area contributed by atoms with Crippen molar-refractivity contribution in [1.29, 1.82) is 0 Å². The van der Waals surface area contributed by atoms with Crippen LogP contribution in [0.1, 0.15) is 9.75 Å². The number of thiophene rings is 1. The van der Waals surface area contributed by atoms with E-state index in [1.165, 1.54) is 9.75 Å². The van der Waals surface area contributed by atoms with Gasteiger partial charge in [-0.3, -0.25) is 0 Å². The summed E-state index contributed by atoms with van der Waals surface area (Å²) in [6.45, 7) is 2.73. The van der Waals surface area contributed by atoms with Crippen molar-refractivity contribution in [2.24, 2.45) is 0 Å². The first-order chi connectivity index (χ1) is 7.24. The van der Waals surface area contributed by atoms with Gasteiger partial charge in [-0.2, -0.15) is 0 Å². The third kappa shape index (κ3) is 2.73. The normalized spacial score (nSPS) is 10.3. The van der Waals surface area contributed by atoms with E-state index in [1.807, 2.05) is 0 Å². The SMILES string of the molecule is Cc1ccc(CNc2ncc(F)cn2)s1. The Kier molecular flexibility index (Phi) is 2.91. The minimum absolute atomic E-state index is 0.424. The van der Waals surface area contributed by atoms with Gasteiger partial charge < -0.3 is 5.32 Å². The lowest BCUT2D eigenvalue weighted by molar-refractivity contribution is 0.614. The third-order valence-electron chi connectivity index (χ3n) is 1.84. The molecule has 0 aromatic carbocycles. The van der Waals surface area contributed by atoms with E-state index in [0.29, 0.717) is 12.5 Å². The predicted octanol–water partition coefficient (Wildman–Crippen LogP) is 2.60. The van der Waals surface area contributed by atoms with Gasteiger partial charge in [-0.05, 0) is 19.1 Å². The van der Waals surface area contributed by atoms with Crippen LogP contribution in [0, 0.1) is 12.7 Å². The number of aromatic nitrogens is 2. The summed E-state index contributed by atoms with van der Waals surface area (Å²) in [4.78, 5) is 10.1. The molecule has 0 atom stereocenters. The van der Waals surface area contributed by atoms with Gasteiger partial charge in [0.05, 0.1) is 18.9 Å². The summed E-state index contributed by atoms with van der Waals surface area (Å²) >= 11 is 1.72. The van der Waals surface area contributed by atoms with Crippen molar-refractivity contribution in [2.75, 3.05) is 5.32 Å². The lowest BCUT2D eigenvalue weighted by Gasteiger charge is -2.01. The summed E-state index contributed by atoms with van der Waals surface area (Å²) in [5, 5.41) is 3.02. The van der Waals surface area contributed by atoms with Gasteiger partial charge in [0.25, 0.3) is 0 Å². The van der Waals surface area contributed by atoms with Crippen molar-refractivity contribution in [3.05, 3.63) is 40.1 Å². The van der Waals surface area contributed by atoms with E-state index in [1.54, 1.807) is 11.3 Å². The summed E-state index contributed by atoms with van der Waals surface area (Å²) < 4.78 is 12.5. The summed E-state index contributed by atoms with van der Waals surface area (Å²) in [7, 11) is 0. The van der Waals surface area contributed by atoms with Gasteiger partial charge in [0.1, 0.15) is 0 Å². The average Bonchev–Trinajstić information content (AvgIpc) is 2.64. The van der Waals surface area contributed by atoms with Crippen LogP contribution < -0.4 is 5.32 Å². The van der Waals surface area contributed by atoms with E-state index >= 15 is 0 Å². The van der Waals surface area contributed by atoms with Crippen molar-refractivity contribution in [3.63, 3.8) is 0 Å². The van der Waals surface area contributed by atoms with Crippen molar-refractivity contribution in [1.82, 2.24) is 9.97 Å². The summed E-state index contributed by atoms with van der Waals surface area (Å²) in [6.07, 6.45) is 2.30. The molecule has 5 heteroatoms. The van der Waals surface area contributed by atoms with Gasteiger partial charge in [0.15, 0.2) is 5.82 Å². The molecule has 0 amide bonds. The monoisotopic (exact) mass is 223 g/mol. The second-order valence-corrected chi connectivity index (χ2v) is 4.46. The van der Waals surface area contributed by atoms with Crippen LogP contribution in [-0.2, 0) is 6.54 Å². The highest BCUT2D eigenvalue weighted by Crippen LogP contribution is 2.15. The molecule has 0 spiro atoms. The predicted molar refractivity (Wildman–Crippen MR) is 58.4 cm³/mol. The minimum Gasteiger partial charge on any atom is -0.349 e. The number of halogens is 1. The van der Waals surface area contributed by atoms with E-state index < -0.39 is 5.82 Å². The van der Waals surface area contributed by atoms with Crippen LogP contribution in [0.2, 0.25) is 0 Å². The first-order valence-electron chi connectivity index (χ1n) is 4.51. The molecule has 78 valence electrons. The van der Waals surface area contributed by atoms with Crippen LogP contribution in [0.15, 0.2) is 24.5 Å². The van der Waals surface area contributed by atoms with Gasteiger partial charge in [-0.15, -0.1) is 11.3 Å². The molecule has 0 saturated heterocycles. The molecule has 2 heterocycles. The Bertz CT molecular complexity index is 438. The first kappa shape index (κ1) is 10.0. The van der Waals surface area contributed by atoms with E-state index in [-0.39, 0.29) is 0 Å². The Hall–Kier alpha value is -1.49. The van der Waals surface area contributed by atoms with Gasteiger partial charge in [-0.1, -0.05) is 0 Å². The minimum atomic E-state index is -0.424. The van der Waals surface area contributed by atoms with Gasteiger partial charge in [0.2, 0.25) is 5.95 Å². The molecule has 2 aromatic heterocycles. The second-order valence-electron chi connectivity index (χ2n) is 3.09. The van der Waals surface area contributed by atoms with E-state index in [4.69, 9.17) is 0 Å². The maximum absolute atomic E-state index is 12.5. The Balaban J connectivity index is 1.96. The largest absolute Gasteiger partial charge is 0.349 e. The molecule has 15 heavy (non-hydrogen) atoms. The Morgan fingerprint density at radius 3 is 2.67 bits per heavy atom. The topological polar surface area (TPSA) is 37.8 Å². The Morgan fingerprint density at radius 2 is 2.07 bits per heavy atom. The molecule has 0 bridgehead atoms. The zero-order valence-corrected chi connectivity index (χ0v) is 9.01. The fourth-order valence-electron chi connectivity index (χ4n) is 1.15. The number of rotatable bonds is 3. The number of hydrogen-bond donors (Lipinski definition) is 1. The molecule has 0 radical (unpaired) electrons. The van der Waals surface area contributed by atoms with Crippen LogP contribution in [-0.4, -0.2) is 9.97 Å². The van der Waals surface area contributed by atoms with Crippen molar-refractivity contribution in [2.45, 2.75) is 13.5 Å². The van der Waals surface area contributed by atoms with Crippen LogP contribution in [0.5, 0.6) is 0 Å². The van der Waals surface area contributed by atoms with Gasteiger partial charge in [-0.25, -0.2) is 14.4 Å². The molecule has 3 nitrogen and oxygen atoms in total. The highest BCUT2D eigenvalue weighted by Gasteiger charge is 1.99. The molecule has 1 N–H and O–H groups in total. The Morgan fingerprint density at radius 1 is 1.33 bits per heavy atom. The van der Waals surface area contributed by atoms with Crippen molar-refractivity contribution in [3.8, 4) is 0 Å². The summed E-state index contributed by atoms with van der Waals surface area (Å²) in [5.74, 6) is 0.0231. The van der Waals surface area contributed by atoms with E-state index in [0.717, 1.165) is 12.4 Å². The summed E-state index contributed by atoms with van der Waals surface area (Å²) in [6, 6.07) is 4.11. The fraction of sp³-hybridized carbons (Fsp3) is 0.200. The zero-order valence-electron chi connectivity index (χ0n) is 8.20. The zero-order chi connectivity index (χ0) is 10.7. The van der Waals surface area contributed by atoms with E-state index in [9.17, 15) is 4.39 Å². The molecule has 0 saturated carbocycles.